The monoisotopic (exact) mass is 338 g/mol. The maximum atomic E-state index is 10.3. The molecule has 0 amide bonds. The molecule has 1 aliphatic rings. The first kappa shape index (κ1) is 21.4. The summed E-state index contributed by atoms with van der Waals surface area (Å²) in [5, 5.41) is 20.1. The maximum Gasteiger partial charge on any atom is 0.0906 e. The number of hydrogen-bond donors (Lipinski definition) is 2. The van der Waals surface area contributed by atoms with Gasteiger partial charge in [0.1, 0.15) is 0 Å². The molecule has 1 aliphatic carbocycles. The van der Waals surface area contributed by atoms with E-state index in [1.54, 1.807) is 13.8 Å². The molecule has 24 heavy (non-hydrogen) atoms. The Labute approximate surface area is 148 Å². The summed E-state index contributed by atoms with van der Waals surface area (Å²) in [7, 11) is 0. The second-order valence-corrected chi connectivity index (χ2v) is 8.55. The molecule has 3 heteroatoms. The van der Waals surface area contributed by atoms with E-state index >= 15 is 0 Å². The molecular weight excluding hydrogens is 300 g/mol. The van der Waals surface area contributed by atoms with E-state index in [0.29, 0.717) is 18.4 Å². The second kappa shape index (κ2) is 8.16. The fraction of sp³-hybridized carbons (Fsp3) is 0.810. The molecule has 0 fully saturated rings. The van der Waals surface area contributed by atoms with Gasteiger partial charge in [-0.05, 0) is 57.8 Å². The van der Waals surface area contributed by atoms with Gasteiger partial charge in [0.25, 0.3) is 0 Å². The Balaban J connectivity index is 2.74. The first-order valence-electron chi connectivity index (χ1n) is 9.31. The number of aliphatic hydroxyl groups excluding tert-OH is 1. The van der Waals surface area contributed by atoms with Crippen LogP contribution < -0.4 is 0 Å². The molecule has 0 aromatic rings. The van der Waals surface area contributed by atoms with Crippen LogP contribution in [-0.2, 0) is 4.74 Å². The fourth-order valence-electron chi connectivity index (χ4n) is 3.25. The molecule has 3 nitrogen and oxygen atoms in total. The van der Waals surface area contributed by atoms with Gasteiger partial charge in [0, 0.05) is 12.5 Å². The summed E-state index contributed by atoms with van der Waals surface area (Å²) in [5.41, 5.74) is -1.51. The minimum atomic E-state index is -0.888. The number of ether oxygens (including phenoxy) is 1. The third-order valence-electron chi connectivity index (χ3n) is 6.36. The minimum absolute atomic E-state index is 0.0280. The van der Waals surface area contributed by atoms with Crippen molar-refractivity contribution >= 4 is 0 Å². The Bertz CT molecular complexity index is 444. The molecule has 0 radical (unpaired) electrons. The van der Waals surface area contributed by atoms with Crippen LogP contribution >= 0.6 is 0 Å². The summed E-state index contributed by atoms with van der Waals surface area (Å²) >= 11 is 0. The molecule has 0 spiro atoms. The van der Waals surface area contributed by atoms with E-state index in [4.69, 9.17) is 4.74 Å². The van der Waals surface area contributed by atoms with Gasteiger partial charge in [0.2, 0.25) is 0 Å². The van der Waals surface area contributed by atoms with Crippen molar-refractivity contribution in [2.45, 2.75) is 72.5 Å². The van der Waals surface area contributed by atoms with E-state index in [-0.39, 0.29) is 17.9 Å². The normalized spacial score (nSPS) is 29.5. The Morgan fingerprint density at radius 1 is 1.25 bits per heavy atom. The molecule has 1 rings (SSSR count). The Kier molecular flexibility index (Phi) is 7.28. The summed E-state index contributed by atoms with van der Waals surface area (Å²) in [5.74, 6) is 0.918. The zero-order chi connectivity index (χ0) is 18.6. The van der Waals surface area contributed by atoms with Gasteiger partial charge in [-0.3, -0.25) is 0 Å². The van der Waals surface area contributed by atoms with Crippen LogP contribution in [0.3, 0.4) is 0 Å². The molecule has 0 heterocycles. The van der Waals surface area contributed by atoms with Crippen molar-refractivity contribution in [1.29, 1.82) is 0 Å². The van der Waals surface area contributed by atoms with Gasteiger partial charge in [-0.25, -0.2) is 0 Å². The van der Waals surface area contributed by atoms with Crippen molar-refractivity contribution in [2.75, 3.05) is 13.2 Å². The van der Waals surface area contributed by atoms with Crippen molar-refractivity contribution in [2.24, 2.45) is 23.2 Å². The topological polar surface area (TPSA) is 49.7 Å². The van der Waals surface area contributed by atoms with E-state index in [1.165, 1.54) is 0 Å². The van der Waals surface area contributed by atoms with Crippen LogP contribution in [0.15, 0.2) is 24.3 Å². The summed E-state index contributed by atoms with van der Waals surface area (Å²) in [6, 6.07) is 0. The zero-order valence-electron chi connectivity index (χ0n) is 16.7. The third kappa shape index (κ3) is 4.71. The molecule has 0 bridgehead atoms. The lowest BCUT2D eigenvalue weighted by atomic mass is 9.68. The molecule has 0 aromatic heterocycles. The largest absolute Gasteiger partial charge is 0.396 e. The Morgan fingerprint density at radius 2 is 1.88 bits per heavy atom. The average molecular weight is 339 g/mol. The average Bonchev–Trinajstić information content (AvgIpc) is 2.77. The predicted octanol–water partition coefficient (Wildman–Crippen LogP) is 4.35. The summed E-state index contributed by atoms with van der Waals surface area (Å²) < 4.78 is 6.08. The number of hydrogen-bond acceptors (Lipinski definition) is 3. The summed E-state index contributed by atoms with van der Waals surface area (Å²) in [6.45, 7) is 14.8. The van der Waals surface area contributed by atoms with Crippen LogP contribution in [0.5, 0.6) is 0 Å². The molecule has 0 saturated carbocycles. The van der Waals surface area contributed by atoms with Crippen LogP contribution in [0.4, 0.5) is 0 Å². The quantitative estimate of drug-likeness (QED) is 0.615. The Morgan fingerprint density at radius 3 is 2.38 bits per heavy atom. The summed E-state index contributed by atoms with van der Waals surface area (Å²) in [6.07, 6.45) is 10.8. The number of rotatable bonds is 9. The fourth-order valence-corrected chi connectivity index (χ4v) is 3.25. The second-order valence-electron chi connectivity index (χ2n) is 8.55. The van der Waals surface area contributed by atoms with Crippen molar-refractivity contribution in [1.82, 2.24) is 0 Å². The van der Waals surface area contributed by atoms with Gasteiger partial charge >= 0.3 is 0 Å². The van der Waals surface area contributed by atoms with Gasteiger partial charge in [-0.2, -0.15) is 0 Å². The highest BCUT2D eigenvalue weighted by atomic mass is 16.5. The molecule has 4 atom stereocenters. The third-order valence-corrected chi connectivity index (χ3v) is 6.36. The molecule has 1 unspecified atom stereocenters. The number of aliphatic hydroxyl groups is 2. The number of allylic oxidation sites excluding steroid dienone is 3. The van der Waals surface area contributed by atoms with Gasteiger partial charge in [0.15, 0.2) is 0 Å². The molecule has 0 saturated heterocycles. The smallest absolute Gasteiger partial charge is 0.0906 e. The Hall–Kier alpha value is -0.640. The molecule has 0 aliphatic heterocycles. The molecule has 2 N–H and O–H groups in total. The van der Waals surface area contributed by atoms with Gasteiger partial charge in [-0.1, -0.05) is 45.1 Å². The van der Waals surface area contributed by atoms with Gasteiger partial charge in [-0.15, -0.1) is 0 Å². The zero-order valence-corrected chi connectivity index (χ0v) is 16.7. The van der Waals surface area contributed by atoms with Crippen molar-refractivity contribution in [3.05, 3.63) is 24.3 Å². The highest BCUT2D eigenvalue weighted by Gasteiger charge is 2.44. The van der Waals surface area contributed by atoms with Crippen LogP contribution in [0.25, 0.3) is 0 Å². The van der Waals surface area contributed by atoms with Crippen LogP contribution in [-0.4, -0.2) is 34.6 Å². The van der Waals surface area contributed by atoms with Crippen molar-refractivity contribution < 1.29 is 14.9 Å². The molecular formula is C21H38O3. The van der Waals surface area contributed by atoms with Crippen LogP contribution in [0, 0.1) is 23.2 Å². The minimum Gasteiger partial charge on any atom is -0.396 e. The highest BCUT2D eigenvalue weighted by Crippen LogP contribution is 2.48. The van der Waals surface area contributed by atoms with E-state index in [2.05, 4.69) is 45.1 Å². The first-order chi connectivity index (χ1) is 11.0. The SMILES string of the molecule is CC/C=C\C[C@@H](CO)[C@]1(C)C=CC(COC(C)(C)C(C)(C)O)[C@H]1C. The van der Waals surface area contributed by atoms with Gasteiger partial charge in [0.05, 0.1) is 17.8 Å². The lowest BCUT2D eigenvalue weighted by molar-refractivity contribution is -0.155. The van der Waals surface area contributed by atoms with Crippen molar-refractivity contribution in [3.8, 4) is 0 Å². The van der Waals surface area contributed by atoms with Crippen LogP contribution in [0.2, 0.25) is 0 Å². The highest BCUT2D eigenvalue weighted by molar-refractivity contribution is 5.15. The van der Waals surface area contributed by atoms with E-state index in [9.17, 15) is 10.2 Å². The lowest BCUT2D eigenvalue weighted by Gasteiger charge is -2.40. The van der Waals surface area contributed by atoms with E-state index in [1.807, 2.05) is 13.8 Å². The first-order valence-corrected chi connectivity index (χ1v) is 9.31. The predicted molar refractivity (Wildman–Crippen MR) is 101 cm³/mol. The van der Waals surface area contributed by atoms with E-state index < -0.39 is 11.2 Å². The lowest BCUT2D eigenvalue weighted by Crippen LogP contribution is -2.48. The molecule has 140 valence electrons. The van der Waals surface area contributed by atoms with E-state index in [0.717, 1.165) is 12.8 Å². The van der Waals surface area contributed by atoms with Crippen molar-refractivity contribution in [3.63, 3.8) is 0 Å². The van der Waals surface area contributed by atoms with Crippen LogP contribution in [0.1, 0.15) is 61.3 Å². The summed E-state index contributed by atoms with van der Waals surface area (Å²) in [4.78, 5) is 0. The standard InChI is InChI=1S/C21H38O3/c1-8-9-10-11-18(14-22)21(7)13-12-17(16(21)2)15-24-20(5,6)19(3,4)23/h9-10,12-13,16-18,22-23H,8,11,14-15H2,1-7H3/b10-9-/t16-,17?,18+,21-/m1/s1. The molecule has 0 aromatic carbocycles. The van der Waals surface area contributed by atoms with Gasteiger partial charge < -0.3 is 14.9 Å². The maximum absolute atomic E-state index is 10.3.